The molecule has 0 saturated heterocycles. The molecule has 49 heavy (non-hydrogen) atoms. The van der Waals surface area contributed by atoms with Gasteiger partial charge in [-0.25, -0.2) is 0 Å². The van der Waals surface area contributed by atoms with Gasteiger partial charge in [-0.05, 0) is 172 Å². The van der Waals surface area contributed by atoms with Crippen molar-refractivity contribution in [2.45, 2.75) is 97.4 Å². The number of aryl methyl sites for hydroxylation is 13. The van der Waals surface area contributed by atoms with Crippen LogP contribution in [0.4, 0.5) is 0 Å². The van der Waals surface area contributed by atoms with E-state index in [1.165, 1.54) is 33.4 Å². The summed E-state index contributed by atoms with van der Waals surface area (Å²) in [5.41, 5.74) is 7.27. The first-order valence-electron chi connectivity index (χ1n) is 15.7. The van der Waals surface area contributed by atoms with E-state index in [0.29, 0.717) is 0 Å². The van der Waals surface area contributed by atoms with Crippen LogP contribution in [0.5, 0.6) is 0 Å². The van der Waals surface area contributed by atoms with Gasteiger partial charge in [0.05, 0.1) is 43.8 Å². The van der Waals surface area contributed by atoms with E-state index in [1.807, 2.05) is 139 Å². The van der Waals surface area contributed by atoms with Gasteiger partial charge in [0.2, 0.25) is 0 Å². The van der Waals surface area contributed by atoms with Crippen LogP contribution in [0.15, 0.2) is 123 Å². The summed E-state index contributed by atoms with van der Waals surface area (Å²) in [6, 6.07) is 15.6. The fraction of sp³-hybridized carbons (Fsp3) is 0.333. The van der Waals surface area contributed by atoms with E-state index < -0.39 is 0 Å². The van der Waals surface area contributed by atoms with Gasteiger partial charge >= 0.3 is 0 Å². The lowest BCUT2D eigenvalue weighted by Crippen LogP contribution is -1.63. The van der Waals surface area contributed by atoms with E-state index in [9.17, 15) is 0 Å². The van der Waals surface area contributed by atoms with Crippen molar-refractivity contribution in [1.82, 2.24) is 0 Å². The lowest BCUT2D eigenvalue weighted by Gasteiger charge is -1.79. The van der Waals surface area contributed by atoms with E-state index in [0.717, 1.165) is 40.3 Å². The van der Waals surface area contributed by atoms with Crippen LogP contribution in [-0.4, -0.2) is 0 Å². The van der Waals surface area contributed by atoms with Gasteiger partial charge in [0.25, 0.3) is 0 Å². The molecule has 268 valence electrons. The average Bonchev–Trinajstić information content (AvgIpc) is 3.91. The van der Waals surface area contributed by atoms with Crippen molar-refractivity contribution in [2.24, 2.45) is 0 Å². The normalized spacial score (nSPS) is 9.16. The van der Waals surface area contributed by atoms with Gasteiger partial charge in [-0.3, -0.25) is 0 Å². The Morgan fingerprint density at radius 1 is 0.367 bits per heavy atom. The standard InChI is InChI=1S/6C6H8O.C5H6O.CH4/c1-5-3-7-4-6(5)2;2*1-5-3-6(2)7-4-5;2*1-5-3-4-7-6(5)2;1-5-3-4-6(2)7-5;1-5-3-2-4-6-5;/h6*3-4H,1-2H3;2-4H,1H3;1H4. The maximum atomic E-state index is 5.08. The Hall–Kier alpha value is -5.04. The van der Waals surface area contributed by atoms with Gasteiger partial charge in [0.1, 0.15) is 40.3 Å². The minimum Gasteiger partial charge on any atom is -0.472 e. The molecule has 7 nitrogen and oxygen atoms in total. The van der Waals surface area contributed by atoms with Gasteiger partial charge in [0.15, 0.2) is 0 Å². The largest absolute Gasteiger partial charge is 0.472 e. The molecule has 0 unspecified atom stereocenters. The third-order valence-corrected chi connectivity index (χ3v) is 6.61. The fourth-order valence-electron chi connectivity index (χ4n) is 3.39. The molecule has 7 rings (SSSR count). The second kappa shape index (κ2) is 24.2. The van der Waals surface area contributed by atoms with Crippen LogP contribution in [0.3, 0.4) is 0 Å². The molecule has 0 saturated carbocycles. The van der Waals surface area contributed by atoms with Crippen molar-refractivity contribution >= 4 is 0 Å². The summed E-state index contributed by atoms with van der Waals surface area (Å²) in [6.07, 6.45) is 12.0. The minimum absolute atomic E-state index is 0. The minimum atomic E-state index is 0. The Bertz CT molecular complexity index is 1480. The van der Waals surface area contributed by atoms with Gasteiger partial charge in [0, 0.05) is 0 Å². The zero-order chi connectivity index (χ0) is 36.1. The first-order chi connectivity index (χ1) is 22.7. The smallest absolute Gasteiger partial charge is 0.103 e. The van der Waals surface area contributed by atoms with Gasteiger partial charge in [-0.15, -0.1) is 0 Å². The quantitative estimate of drug-likeness (QED) is 0.158. The molecule has 0 aliphatic heterocycles. The van der Waals surface area contributed by atoms with Crippen molar-refractivity contribution in [2.75, 3.05) is 0 Å². The highest BCUT2D eigenvalue weighted by Crippen LogP contribution is 2.07. The Morgan fingerprint density at radius 3 is 0.898 bits per heavy atom. The molecule has 7 heteroatoms. The number of hydrogen-bond donors (Lipinski definition) is 0. The Morgan fingerprint density at radius 2 is 0.796 bits per heavy atom. The molecule has 0 aromatic carbocycles. The van der Waals surface area contributed by atoms with Crippen LogP contribution in [-0.2, 0) is 0 Å². The topological polar surface area (TPSA) is 92.0 Å². The highest BCUT2D eigenvalue weighted by molar-refractivity contribution is 5.16. The highest BCUT2D eigenvalue weighted by atomic mass is 16.3. The predicted octanol–water partition coefficient (Wildman–Crippen LogP) is 13.6. The number of rotatable bonds is 0. The first-order valence-corrected chi connectivity index (χ1v) is 15.7. The monoisotopic (exact) mass is 674 g/mol. The summed E-state index contributed by atoms with van der Waals surface area (Å²) in [7, 11) is 0. The van der Waals surface area contributed by atoms with Crippen molar-refractivity contribution < 1.29 is 30.9 Å². The molecular weight excluding hydrogens is 616 g/mol. The molecule has 0 fully saturated rings. The number of furan rings is 7. The van der Waals surface area contributed by atoms with E-state index >= 15 is 0 Å². The van der Waals surface area contributed by atoms with E-state index in [4.69, 9.17) is 30.9 Å². The lowest BCUT2D eigenvalue weighted by atomic mass is 10.2. The molecule has 0 atom stereocenters. The summed E-state index contributed by atoms with van der Waals surface area (Å²) in [5, 5.41) is 0. The summed E-state index contributed by atoms with van der Waals surface area (Å²) in [4.78, 5) is 0. The molecule has 0 bridgehead atoms. The second-order valence-corrected chi connectivity index (χ2v) is 11.4. The zero-order valence-electron chi connectivity index (χ0n) is 31.0. The van der Waals surface area contributed by atoms with Crippen LogP contribution in [0, 0.1) is 90.0 Å². The molecule has 0 N–H and O–H groups in total. The third kappa shape index (κ3) is 20.7. The Kier molecular flexibility index (Phi) is 21.7. The van der Waals surface area contributed by atoms with Crippen molar-refractivity contribution in [1.29, 1.82) is 0 Å². The molecule has 7 heterocycles. The van der Waals surface area contributed by atoms with E-state index in [2.05, 4.69) is 0 Å². The van der Waals surface area contributed by atoms with Crippen LogP contribution < -0.4 is 0 Å². The maximum absolute atomic E-state index is 5.08. The summed E-state index contributed by atoms with van der Waals surface area (Å²) in [6.45, 7) is 25.7. The lowest BCUT2D eigenvalue weighted by molar-refractivity contribution is 0.504. The van der Waals surface area contributed by atoms with Crippen LogP contribution in [0.1, 0.15) is 81.1 Å². The van der Waals surface area contributed by atoms with Crippen molar-refractivity contribution in [3.05, 3.63) is 166 Å². The first kappa shape index (κ1) is 44.0. The molecule has 0 amide bonds. The molecular formula is C42H58O7. The summed E-state index contributed by atoms with van der Waals surface area (Å²) < 4.78 is 34.6. The molecule has 0 spiro atoms. The summed E-state index contributed by atoms with van der Waals surface area (Å²) in [5.74, 6) is 6.93. The SMILES string of the molecule is C.Cc1ccc(C)o1.Cc1ccco1.Cc1ccoc1C.Cc1ccoc1C.Cc1coc(C)c1.Cc1coc(C)c1.Cc1cocc1C. The van der Waals surface area contributed by atoms with Gasteiger partial charge < -0.3 is 30.9 Å². The Labute approximate surface area is 293 Å². The molecule has 0 aliphatic rings. The van der Waals surface area contributed by atoms with Crippen molar-refractivity contribution in [3.63, 3.8) is 0 Å². The van der Waals surface area contributed by atoms with E-state index in [-0.39, 0.29) is 7.43 Å². The third-order valence-electron chi connectivity index (χ3n) is 6.61. The van der Waals surface area contributed by atoms with Crippen LogP contribution in [0.2, 0.25) is 0 Å². The van der Waals surface area contributed by atoms with E-state index in [1.54, 1.807) is 43.8 Å². The van der Waals surface area contributed by atoms with Crippen molar-refractivity contribution in [3.8, 4) is 0 Å². The fourth-order valence-corrected chi connectivity index (χ4v) is 3.39. The van der Waals surface area contributed by atoms with Crippen LogP contribution >= 0.6 is 0 Å². The molecule has 0 aliphatic carbocycles. The van der Waals surface area contributed by atoms with Gasteiger partial charge in [-0.1, -0.05) is 7.43 Å². The molecule has 7 aromatic rings. The molecule has 7 aromatic heterocycles. The highest BCUT2D eigenvalue weighted by Gasteiger charge is 1.91. The van der Waals surface area contributed by atoms with Crippen LogP contribution in [0.25, 0.3) is 0 Å². The van der Waals surface area contributed by atoms with Gasteiger partial charge in [-0.2, -0.15) is 0 Å². The Balaban J connectivity index is 0.000000547. The summed E-state index contributed by atoms with van der Waals surface area (Å²) >= 11 is 0. The average molecular weight is 675 g/mol. The number of hydrogen-bond acceptors (Lipinski definition) is 7. The maximum Gasteiger partial charge on any atom is 0.103 e. The second-order valence-electron chi connectivity index (χ2n) is 11.4. The zero-order valence-corrected chi connectivity index (χ0v) is 31.0. The predicted molar refractivity (Wildman–Crippen MR) is 199 cm³/mol. The molecule has 0 radical (unpaired) electrons.